The smallest absolute Gasteiger partial charge is 0.398 e. The predicted molar refractivity (Wildman–Crippen MR) is 52.8 cm³/mol. The van der Waals surface area contributed by atoms with Crippen LogP contribution in [0, 0.1) is 10.1 Å². The van der Waals surface area contributed by atoms with Crippen LogP contribution in [-0.2, 0) is 6.18 Å². The predicted octanol–water partition coefficient (Wildman–Crippen LogP) is 3.29. The number of halogens is 7. The van der Waals surface area contributed by atoms with Gasteiger partial charge in [-0.15, -0.1) is 13.2 Å². The Balaban J connectivity index is 3.75. The molecule has 0 saturated heterocycles. The van der Waals surface area contributed by atoms with Gasteiger partial charge < -0.3 is 4.74 Å². The third-order valence-corrected chi connectivity index (χ3v) is 2.08. The summed E-state index contributed by atoms with van der Waals surface area (Å²) in [6.07, 6.45) is -11.3. The highest BCUT2D eigenvalue weighted by molar-refractivity contribution is 6.67. The zero-order chi connectivity index (χ0) is 16.6. The summed E-state index contributed by atoms with van der Waals surface area (Å²) in [6, 6.07) is 0. The normalized spacial score (nSPS) is 12.1. The topological polar surface area (TPSA) is 82.3 Å². The summed E-state index contributed by atoms with van der Waals surface area (Å²) >= 11 is 4.84. The quantitative estimate of drug-likeness (QED) is 0.365. The summed E-state index contributed by atoms with van der Waals surface area (Å²) in [5.74, 6) is -2.21. The van der Waals surface area contributed by atoms with Crippen LogP contribution in [0.5, 0.6) is 5.75 Å². The van der Waals surface area contributed by atoms with E-state index in [1.165, 1.54) is 0 Å². The highest BCUT2D eigenvalue weighted by atomic mass is 35.5. The molecule has 1 aromatic rings. The molecule has 6 nitrogen and oxygen atoms in total. The van der Waals surface area contributed by atoms with Crippen LogP contribution in [0.15, 0.2) is 6.20 Å². The second-order valence-corrected chi connectivity index (χ2v) is 3.62. The second-order valence-electron chi connectivity index (χ2n) is 3.27. The first kappa shape index (κ1) is 16.9. The molecule has 21 heavy (non-hydrogen) atoms. The van der Waals surface area contributed by atoms with E-state index >= 15 is 0 Å². The van der Waals surface area contributed by atoms with Gasteiger partial charge in [-0.1, -0.05) is 0 Å². The van der Waals surface area contributed by atoms with E-state index in [9.17, 15) is 41.3 Å². The maximum Gasteiger partial charge on any atom is 0.573 e. The fourth-order valence-corrected chi connectivity index (χ4v) is 1.36. The molecule has 0 aliphatic heterocycles. The van der Waals surface area contributed by atoms with Crippen LogP contribution < -0.4 is 4.74 Å². The van der Waals surface area contributed by atoms with Crippen molar-refractivity contribution in [3.05, 3.63) is 27.6 Å². The molecule has 0 aliphatic rings. The van der Waals surface area contributed by atoms with Gasteiger partial charge in [0.1, 0.15) is 5.56 Å². The van der Waals surface area contributed by atoms with Crippen molar-refractivity contribution < 1.29 is 40.8 Å². The molecule has 0 bridgehead atoms. The monoisotopic (exact) mass is 338 g/mol. The number of pyridine rings is 1. The van der Waals surface area contributed by atoms with Gasteiger partial charge in [0.15, 0.2) is 0 Å². The molecule has 0 N–H and O–H groups in total. The molecule has 0 amide bonds. The molecule has 13 heteroatoms. The maximum absolute atomic E-state index is 12.6. The van der Waals surface area contributed by atoms with Crippen LogP contribution in [-0.4, -0.2) is 21.5 Å². The molecular formula is C8HClF6N2O4. The molecule has 1 rings (SSSR count). The number of nitrogens with zero attached hydrogens (tertiary/aromatic N) is 2. The molecule has 0 unspecified atom stereocenters. The maximum atomic E-state index is 12.6. The van der Waals surface area contributed by atoms with Crippen molar-refractivity contribution in [3.63, 3.8) is 0 Å². The minimum atomic E-state index is -5.67. The molecule has 0 spiro atoms. The van der Waals surface area contributed by atoms with Gasteiger partial charge in [-0.3, -0.25) is 14.9 Å². The Bertz CT molecular complexity index is 600. The highest BCUT2D eigenvalue weighted by Gasteiger charge is 2.45. The van der Waals surface area contributed by atoms with Crippen molar-refractivity contribution in [3.8, 4) is 5.75 Å². The van der Waals surface area contributed by atoms with E-state index in [1.54, 1.807) is 0 Å². The van der Waals surface area contributed by atoms with E-state index in [2.05, 4.69) is 9.72 Å². The summed E-state index contributed by atoms with van der Waals surface area (Å²) in [4.78, 5) is 22.6. The summed E-state index contributed by atoms with van der Waals surface area (Å²) in [5, 5.41) is 8.93. The van der Waals surface area contributed by atoms with Crippen molar-refractivity contribution in [1.29, 1.82) is 0 Å². The summed E-state index contributed by atoms with van der Waals surface area (Å²) in [7, 11) is 0. The Hall–Kier alpha value is -2.11. The zero-order valence-corrected chi connectivity index (χ0v) is 10.0. The SMILES string of the molecule is O=C(Cl)c1ncc(C(F)(F)F)c(OC(F)(F)F)c1[N+](=O)[O-]. The van der Waals surface area contributed by atoms with Crippen molar-refractivity contribution in [2.75, 3.05) is 0 Å². The van der Waals surface area contributed by atoms with Crippen LogP contribution in [0.1, 0.15) is 16.1 Å². The molecule has 0 aromatic carbocycles. The molecule has 116 valence electrons. The highest BCUT2D eigenvalue weighted by Crippen LogP contribution is 2.44. The Morgan fingerprint density at radius 2 is 1.81 bits per heavy atom. The molecule has 1 aromatic heterocycles. The molecule has 0 saturated carbocycles. The second kappa shape index (κ2) is 5.35. The molecule has 1 heterocycles. The number of carbonyl (C=O) groups is 1. The van der Waals surface area contributed by atoms with Crippen molar-refractivity contribution in [2.24, 2.45) is 0 Å². The average Bonchev–Trinajstić information content (AvgIpc) is 2.23. The van der Waals surface area contributed by atoms with Crippen molar-refractivity contribution >= 4 is 22.5 Å². The molecular weight excluding hydrogens is 338 g/mol. The Labute approximate surface area is 115 Å². The van der Waals surface area contributed by atoms with Gasteiger partial charge in [-0.2, -0.15) is 13.2 Å². The van der Waals surface area contributed by atoms with Crippen molar-refractivity contribution in [2.45, 2.75) is 12.5 Å². The average molecular weight is 339 g/mol. The number of ether oxygens (including phenoxy) is 1. The fraction of sp³-hybridized carbons (Fsp3) is 0.250. The Kier molecular flexibility index (Phi) is 4.32. The lowest BCUT2D eigenvalue weighted by molar-refractivity contribution is -0.389. The third kappa shape index (κ3) is 3.93. The lowest BCUT2D eigenvalue weighted by atomic mass is 10.2. The van der Waals surface area contributed by atoms with E-state index in [1.807, 2.05) is 0 Å². The Morgan fingerprint density at radius 3 is 2.14 bits per heavy atom. The van der Waals surface area contributed by atoms with Gasteiger partial charge in [0.25, 0.3) is 5.24 Å². The number of nitro groups is 1. The van der Waals surface area contributed by atoms with Crippen LogP contribution >= 0.6 is 11.6 Å². The van der Waals surface area contributed by atoms with E-state index in [0.29, 0.717) is 0 Å². The summed E-state index contributed by atoms with van der Waals surface area (Å²) < 4.78 is 77.2. The van der Waals surface area contributed by atoms with Gasteiger partial charge in [0.2, 0.25) is 11.4 Å². The first-order chi connectivity index (χ1) is 9.34. The van der Waals surface area contributed by atoms with Gasteiger partial charge in [-0.05, 0) is 11.6 Å². The number of carbonyl (C=O) groups excluding carboxylic acids is 1. The number of aromatic nitrogens is 1. The fourth-order valence-electron chi connectivity index (χ4n) is 1.22. The lowest BCUT2D eigenvalue weighted by Gasteiger charge is -2.15. The molecule has 0 fully saturated rings. The molecule has 0 aliphatic carbocycles. The zero-order valence-electron chi connectivity index (χ0n) is 9.25. The standard InChI is InChI=1S/C8HClF6N2O4/c9-6(18)3-4(17(19)20)5(21-8(13,14)15)2(1-16-3)7(10,11)12/h1H. The van der Waals surface area contributed by atoms with E-state index in [-0.39, 0.29) is 6.20 Å². The summed E-state index contributed by atoms with van der Waals surface area (Å²) in [6.45, 7) is 0. The van der Waals surface area contributed by atoms with E-state index in [0.717, 1.165) is 0 Å². The van der Waals surface area contributed by atoms with Crippen LogP contribution in [0.25, 0.3) is 0 Å². The first-order valence-electron chi connectivity index (χ1n) is 4.54. The van der Waals surface area contributed by atoms with Crippen LogP contribution in [0.2, 0.25) is 0 Å². The van der Waals surface area contributed by atoms with Gasteiger partial charge in [-0.25, -0.2) is 4.98 Å². The molecule has 0 atom stereocenters. The molecule has 0 radical (unpaired) electrons. The van der Waals surface area contributed by atoms with Gasteiger partial charge in [0.05, 0.1) is 4.92 Å². The minimum Gasteiger partial charge on any atom is -0.398 e. The Morgan fingerprint density at radius 1 is 1.29 bits per heavy atom. The lowest BCUT2D eigenvalue weighted by Crippen LogP contribution is -2.22. The van der Waals surface area contributed by atoms with Crippen LogP contribution in [0.4, 0.5) is 32.0 Å². The van der Waals surface area contributed by atoms with Gasteiger partial charge >= 0.3 is 18.2 Å². The van der Waals surface area contributed by atoms with E-state index in [4.69, 9.17) is 11.6 Å². The third-order valence-electron chi connectivity index (χ3n) is 1.90. The largest absolute Gasteiger partial charge is 0.573 e. The number of rotatable bonds is 3. The number of hydrogen-bond acceptors (Lipinski definition) is 5. The number of hydrogen-bond donors (Lipinski definition) is 0. The summed E-state index contributed by atoms with van der Waals surface area (Å²) in [5.41, 5.74) is -5.51. The number of alkyl halides is 6. The van der Waals surface area contributed by atoms with Crippen molar-refractivity contribution in [1.82, 2.24) is 4.98 Å². The van der Waals surface area contributed by atoms with Gasteiger partial charge in [0, 0.05) is 6.20 Å². The van der Waals surface area contributed by atoms with E-state index < -0.39 is 45.4 Å². The van der Waals surface area contributed by atoms with Crippen LogP contribution in [0.3, 0.4) is 0 Å². The minimum absolute atomic E-state index is 0.219. The first-order valence-corrected chi connectivity index (χ1v) is 4.92.